The van der Waals surface area contributed by atoms with E-state index in [1.807, 2.05) is 27.0 Å². The van der Waals surface area contributed by atoms with Gasteiger partial charge in [-0.2, -0.15) is 0 Å². The quantitative estimate of drug-likeness (QED) is 0.690. The molecule has 0 bridgehead atoms. The van der Waals surface area contributed by atoms with E-state index in [9.17, 15) is 13.9 Å². The lowest BCUT2D eigenvalue weighted by atomic mass is 9.90. The summed E-state index contributed by atoms with van der Waals surface area (Å²) < 4.78 is 23.3. The average molecular weight is 395 g/mol. The molecular formula is C19H26N2O3S2. The highest BCUT2D eigenvalue weighted by molar-refractivity contribution is 7.80. The van der Waals surface area contributed by atoms with Crippen LogP contribution in [0.5, 0.6) is 5.75 Å². The third kappa shape index (κ3) is 4.10. The second kappa shape index (κ2) is 7.66. The van der Waals surface area contributed by atoms with E-state index in [4.69, 9.17) is 0 Å². The summed E-state index contributed by atoms with van der Waals surface area (Å²) >= 11 is -0.555. The van der Waals surface area contributed by atoms with E-state index in [2.05, 4.69) is 4.98 Å². The number of hydrogen-bond donors (Lipinski definition) is 2. The number of hydrogen-bond acceptors (Lipinski definition) is 4. The van der Waals surface area contributed by atoms with Crippen molar-refractivity contribution in [2.75, 3.05) is 4.31 Å². The molecule has 1 aromatic carbocycles. The zero-order valence-electron chi connectivity index (χ0n) is 15.4. The number of phenols is 1. The number of aromatic nitrogens is 1. The van der Waals surface area contributed by atoms with Crippen LogP contribution in [0.3, 0.4) is 0 Å². The average Bonchev–Trinajstić information content (AvgIpc) is 3.04. The molecule has 1 unspecified atom stereocenters. The van der Waals surface area contributed by atoms with Gasteiger partial charge in [0.2, 0.25) is 0 Å². The highest BCUT2D eigenvalue weighted by Gasteiger charge is 2.30. The SMILES string of the molecule is CC(C)(C)N(c1cc(O)ccc1-c1cnc(C2CCCCC2)s1)S(=O)O. The Balaban J connectivity index is 2.03. The molecule has 5 nitrogen and oxygen atoms in total. The molecule has 0 saturated heterocycles. The van der Waals surface area contributed by atoms with E-state index in [-0.39, 0.29) is 5.75 Å². The van der Waals surface area contributed by atoms with Gasteiger partial charge >= 0.3 is 0 Å². The maximum Gasteiger partial charge on any atom is 0.262 e. The van der Waals surface area contributed by atoms with Crippen LogP contribution < -0.4 is 4.31 Å². The third-order valence-electron chi connectivity index (χ3n) is 4.71. The fourth-order valence-corrected chi connectivity index (χ4v) is 5.44. The Kier molecular flexibility index (Phi) is 5.69. The molecule has 2 N–H and O–H groups in total. The lowest BCUT2D eigenvalue weighted by Crippen LogP contribution is -2.42. The number of phenolic OH excluding ortho intramolecular Hbond substituents is 1. The van der Waals surface area contributed by atoms with Gasteiger partial charge in [-0.15, -0.1) is 11.3 Å². The minimum atomic E-state index is -2.21. The molecular weight excluding hydrogens is 368 g/mol. The topological polar surface area (TPSA) is 73.7 Å². The van der Waals surface area contributed by atoms with Gasteiger partial charge in [0.1, 0.15) is 5.75 Å². The summed E-state index contributed by atoms with van der Waals surface area (Å²) in [5, 5.41) is 11.1. The Bertz CT molecular complexity index is 792. The number of thiazole rings is 1. The predicted octanol–water partition coefficient (Wildman–Crippen LogP) is 5.31. The molecule has 1 aliphatic rings. The number of rotatable bonds is 4. The van der Waals surface area contributed by atoms with Crippen LogP contribution in [0.4, 0.5) is 5.69 Å². The normalized spacial score (nSPS) is 17.2. The maximum absolute atomic E-state index is 12.0. The van der Waals surface area contributed by atoms with Crippen molar-refractivity contribution in [3.8, 4) is 16.2 Å². The first-order valence-electron chi connectivity index (χ1n) is 8.97. The maximum atomic E-state index is 12.0. The smallest absolute Gasteiger partial charge is 0.262 e. The minimum absolute atomic E-state index is 0.0699. The molecule has 0 spiro atoms. The van der Waals surface area contributed by atoms with E-state index in [1.54, 1.807) is 29.5 Å². The molecule has 2 aromatic rings. The fraction of sp³-hybridized carbons (Fsp3) is 0.526. The highest BCUT2D eigenvalue weighted by Crippen LogP contribution is 2.42. The van der Waals surface area contributed by atoms with Crippen LogP contribution in [0.15, 0.2) is 24.4 Å². The largest absolute Gasteiger partial charge is 0.508 e. The molecule has 0 aliphatic heterocycles. The monoisotopic (exact) mass is 394 g/mol. The molecule has 1 fully saturated rings. The molecule has 0 radical (unpaired) electrons. The molecule has 3 rings (SSSR count). The van der Waals surface area contributed by atoms with Crippen LogP contribution in [0.1, 0.15) is 63.8 Å². The minimum Gasteiger partial charge on any atom is -0.508 e. The summed E-state index contributed by atoms with van der Waals surface area (Å²) in [6.45, 7) is 5.61. The number of anilines is 1. The Hall–Kier alpha value is -1.44. The van der Waals surface area contributed by atoms with Crippen molar-refractivity contribution in [3.05, 3.63) is 29.4 Å². The van der Waals surface area contributed by atoms with E-state index in [0.717, 1.165) is 15.4 Å². The summed E-state index contributed by atoms with van der Waals surface area (Å²) in [4.78, 5) is 5.60. The molecule has 1 aromatic heterocycles. The van der Waals surface area contributed by atoms with Gasteiger partial charge in [0, 0.05) is 29.3 Å². The number of nitrogens with zero attached hydrogens (tertiary/aromatic N) is 2. The zero-order valence-corrected chi connectivity index (χ0v) is 17.1. The van der Waals surface area contributed by atoms with Gasteiger partial charge in [-0.25, -0.2) is 9.19 Å². The molecule has 1 aliphatic carbocycles. The summed E-state index contributed by atoms with van der Waals surface area (Å²) in [6, 6.07) is 4.96. The van der Waals surface area contributed by atoms with Crippen LogP contribution in [0.2, 0.25) is 0 Å². The van der Waals surface area contributed by atoms with Gasteiger partial charge in [-0.05, 0) is 45.7 Å². The molecule has 26 heavy (non-hydrogen) atoms. The second-order valence-corrected chi connectivity index (χ2v) is 9.68. The number of aromatic hydroxyl groups is 1. The van der Waals surface area contributed by atoms with Crippen molar-refractivity contribution in [1.82, 2.24) is 4.98 Å². The van der Waals surface area contributed by atoms with Gasteiger partial charge in [0.05, 0.1) is 15.6 Å². The Morgan fingerprint density at radius 3 is 2.54 bits per heavy atom. The van der Waals surface area contributed by atoms with Crippen LogP contribution in [-0.2, 0) is 11.3 Å². The first-order chi connectivity index (χ1) is 12.3. The van der Waals surface area contributed by atoms with Crippen molar-refractivity contribution in [1.29, 1.82) is 0 Å². The van der Waals surface area contributed by atoms with Crippen LogP contribution >= 0.6 is 11.3 Å². The summed E-state index contributed by atoms with van der Waals surface area (Å²) in [7, 11) is 0. The first-order valence-corrected chi connectivity index (χ1v) is 10.9. The van der Waals surface area contributed by atoms with Crippen molar-refractivity contribution >= 4 is 28.3 Å². The lowest BCUT2D eigenvalue weighted by Gasteiger charge is -2.34. The summed E-state index contributed by atoms with van der Waals surface area (Å²) in [5.41, 5.74) is 0.774. The molecule has 142 valence electrons. The molecule has 0 amide bonds. The van der Waals surface area contributed by atoms with Gasteiger partial charge in [0.25, 0.3) is 11.3 Å². The third-order valence-corrected chi connectivity index (χ3v) is 6.96. The van der Waals surface area contributed by atoms with Gasteiger partial charge in [-0.1, -0.05) is 19.3 Å². The van der Waals surface area contributed by atoms with Crippen molar-refractivity contribution in [2.24, 2.45) is 0 Å². The van der Waals surface area contributed by atoms with E-state index < -0.39 is 16.8 Å². The first kappa shape index (κ1) is 19.3. The van der Waals surface area contributed by atoms with Crippen molar-refractivity contribution in [2.45, 2.75) is 64.3 Å². The zero-order chi connectivity index (χ0) is 18.9. The van der Waals surface area contributed by atoms with Gasteiger partial charge in [-0.3, -0.25) is 8.86 Å². The molecule has 1 atom stereocenters. The fourth-order valence-electron chi connectivity index (χ4n) is 3.53. The van der Waals surface area contributed by atoms with Crippen LogP contribution in [0.25, 0.3) is 10.4 Å². The second-order valence-electron chi connectivity index (χ2n) is 7.80. The van der Waals surface area contributed by atoms with Crippen LogP contribution in [-0.4, -0.2) is 24.4 Å². The lowest BCUT2D eigenvalue weighted by molar-refractivity contribution is 0.442. The Morgan fingerprint density at radius 2 is 1.92 bits per heavy atom. The molecule has 7 heteroatoms. The molecule has 1 heterocycles. The number of benzene rings is 1. The summed E-state index contributed by atoms with van der Waals surface area (Å²) in [6.07, 6.45) is 8.04. The van der Waals surface area contributed by atoms with Gasteiger partial charge in [0.15, 0.2) is 0 Å². The summed E-state index contributed by atoms with van der Waals surface area (Å²) in [5.74, 6) is 0.592. The van der Waals surface area contributed by atoms with Gasteiger partial charge < -0.3 is 5.11 Å². The van der Waals surface area contributed by atoms with Crippen LogP contribution in [0, 0.1) is 0 Å². The van der Waals surface area contributed by atoms with E-state index in [1.165, 1.54) is 36.4 Å². The van der Waals surface area contributed by atoms with Crippen molar-refractivity contribution in [3.63, 3.8) is 0 Å². The molecule has 1 saturated carbocycles. The van der Waals surface area contributed by atoms with E-state index >= 15 is 0 Å². The Labute approximate surface area is 161 Å². The van der Waals surface area contributed by atoms with Crippen molar-refractivity contribution < 1.29 is 13.9 Å². The van der Waals surface area contributed by atoms with E-state index in [0.29, 0.717) is 11.6 Å². The Morgan fingerprint density at radius 1 is 1.23 bits per heavy atom. The standard InChI is InChI=1S/C19H26N2O3S2/c1-19(2,3)21(26(23)24)16-11-14(22)9-10-15(16)17-12-20-18(25-17)13-7-5-4-6-8-13/h9-13,22H,4-8H2,1-3H3,(H,23,24). The highest BCUT2D eigenvalue weighted by atomic mass is 32.2. The predicted molar refractivity (Wildman–Crippen MR) is 108 cm³/mol.